The number of hydrogen-bond acceptors (Lipinski definition) is 3. The molecule has 1 fully saturated rings. The summed E-state index contributed by atoms with van der Waals surface area (Å²) >= 11 is 0. The van der Waals surface area contributed by atoms with Crippen LogP contribution < -0.4 is 0 Å². The summed E-state index contributed by atoms with van der Waals surface area (Å²) < 4.78 is 4.85. The molecule has 0 saturated carbocycles. The normalized spacial score (nSPS) is 20.0. The second-order valence-electron chi connectivity index (χ2n) is 3.56. The number of carbonyl (C=O) groups excluding carboxylic acids is 1. The first kappa shape index (κ1) is 11.6. The molecule has 0 aromatic carbocycles. The lowest BCUT2D eigenvalue weighted by Gasteiger charge is -2.15. The van der Waals surface area contributed by atoms with Gasteiger partial charge in [0.25, 0.3) is 0 Å². The van der Waals surface area contributed by atoms with Crippen LogP contribution in [0.3, 0.4) is 0 Å². The highest BCUT2D eigenvalue weighted by Crippen LogP contribution is 2.19. The van der Waals surface area contributed by atoms with Crippen molar-refractivity contribution in [1.29, 1.82) is 0 Å². The topological polar surface area (TPSA) is 66.8 Å². The maximum atomic E-state index is 11.3. The average molecular weight is 213 g/mol. The summed E-state index contributed by atoms with van der Waals surface area (Å²) in [6.45, 7) is 4.69. The molecule has 1 heterocycles. The first-order valence-corrected chi connectivity index (χ1v) is 4.88. The summed E-state index contributed by atoms with van der Waals surface area (Å²) in [5.41, 5.74) is 0. The highest BCUT2D eigenvalue weighted by atomic mass is 16.6. The summed E-state index contributed by atoms with van der Waals surface area (Å²) in [5.74, 6) is -0.764. The molecule has 0 aliphatic carbocycles. The van der Waals surface area contributed by atoms with E-state index < -0.39 is 5.97 Å². The van der Waals surface area contributed by atoms with E-state index in [0.29, 0.717) is 13.1 Å². The Bertz CT molecular complexity index is 264. The van der Waals surface area contributed by atoms with Gasteiger partial charge < -0.3 is 14.7 Å². The number of likely N-dealkylation sites (tertiary alicyclic amines) is 1. The molecular weight excluding hydrogens is 198 g/mol. The van der Waals surface area contributed by atoms with E-state index in [2.05, 4.69) is 6.58 Å². The number of aliphatic carboxylic acids is 1. The minimum Gasteiger partial charge on any atom is -0.481 e. The van der Waals surface area contributed by atoms with E-state index >= 15 is 0 Å². The molecule has 1 rings (SSSR count). The smallest absolute Gasteiger partial charge is 0.410 e. The SMILES string of the molecule is C=CCOC(=O)N1CC[C@H](CC(=O)O)C1. The lowest BCUT2D eigenvalue weighted by Crippen LogP contribution is -2.29. The predicted molar refractivity (Wildman–Crippen MR) is 53.5 cm³/mol. The Morgan fingerprint density at radius 2 is 2.33 bits per heavy atom. The number of hydrogen-bond donors (Lipinski definition) is 1. The minimum absolute atomic E-state index is 0.0544. The fraction of sp³-hybridized carbons (Fsp3) is 0.600. The van der Waals surface area contributed by atoms with Crippen LogP contribution in [0, 0.1) is 5.92 Å². The van der Waals surface area contributed by atoms with Gasteiger partial charge >= 0.3 is 12.1 Å². The molecule has 1 amide bonds. The van der Waals surface area contributed by atoms with Crippen LogP contribution >= 0.6 is 0 Å². The van der Waals surface area contributed by atoms with Crippen LogP contribution in [0.5, 0.6) is 0 Å². The number of carboxylic acid groups (broad SMARTS) is 1. The Kier molecular flexibility index (Phi) is 4.15. The molecule has 0 unspecified atom stereocenters. The molecule has 1 N–H and O–H groups in total. The van der Waals surface area contributed by atoms with Crippen molar-refractivity contribution >= 4 is 12.1 Å². The van der Waals surface area contributed by atoms with Gasteiger partial charge in [0.15, 0.2) is 0 Å². The maximum Gasteiger partial charge on any atom is 0.410 e. The summed E-state index contributed by atoms with van der Waals surface area (Å²) in [5, 5.41) is 8.59. The molecule has 1 aliphatic heterocycles. The van der Waals surface area contributed by atoms with E-state index in [1.54, 1.807) is 0 Å². The van der Waals surface area contributed by atoms with Gasteiger partial charge in [-0.2, -0.15) is 0 Å². The van der Waals surface area contributed by atoms with Crippen molar-refractivity contribution in [1.82, 2.24) is 4.90 Å². The molecule has 5 heteroatoms. The molecule has 84 valence electrons. The Hall–Kier alpha value is -1.52. The van der Waals surface area contributed by atoms with Crippen LogP contribution in [0.4, 0.5) is 4.79 Å². The zero-order chi connectivity index (χ0) is 11.3. The first-order valence-electron chi connectivity index (χ1n) is 4.88. The third-order valence-electron chi connectivity index (χ3n) is 2.33. The van der Waals surface area contributed by atoms with Crippen LogP contribution in [0.1, 0.15) is 12.8 Å². The van der Waals surface area contributed by atoms with Crippen LogP contribution in [0.15, 0.2) is 12.7 Å². The number of carbonyl (C=O) groups is 2. The Balaban J connectivity index is 2.31. The lowest BCUT2D eigenvalue weighted by atomic mass is 10.1. The van der Waals surface area contributed by atoms with Crippen LogP contribution in [0.2, 0.25) is 0 Å². The molecule has 0 radical (unpaired) electrons. The molecule has 1 aliphatic rings. The van der Waals surface area contributed by atoms with Crippen molar-refractivity contribution in [2.24, 2.45) is 5.92 Å². The average Bonchev–Trinajstić information content (AvgIpc) is 2.61. The van der Waals surface area contributed by atoms with E-state index in [9.17, 15) is 9.59 Å². The second-order valence-corrected chi connectivity index (χ2v) is 3.56. The molecule has 15 heavy (non-hydrogen) atoms. The van der Waals surface area contributed by atoms with Gasteiger partial charge in [-0.15, -0.1) is 0 Å². The van der Waals surface area contributed by atoms with Crippen molar-refractivity contribution in [3.8, 4) is 0 Å². The number of nitrogens with zero attached hydrogens (tertiary/aromatic N) is 1. The lowest BCUT2D eigenvalue weighted by molar-refractivity contribution is -0.138. The van der Waals surface area contributed by atoms with Crippen molar-refractivity contribution in [2.75, 3.05) is 19.7 Å². The van der Waals surface area contributed by atoms with Gasteiger partial charge in [-0.3, -0.25) is 4.79 Å². The maximum absolute atomic E-state index is 11.3. The fourth-order valence-electron chi connectivity index (χ4n) is 1.63. The molecule has 1 saturated heterocycles. The second kappa shape index (κ2) is 5.38. The first-order chi connectivity index (χ1) is 7.13. The van der Waals surface area contributed by atoms with E-state index in [-0.39, 0.29) is 25.0 Å². The Morgan fingerprint density at radius 3 is 2.93 bits per heavy atom. The van der Waals surface area contributed by atoms with Crippen molar-refractivity contribution in [3.63, 3.8) is 0 Å². The molecule has 1 atom stereocenters. The van der Waals surface area contributed by atoms with Gasteiger partial charge in [0.05, 0.1) is 0 Å². The summed E-state index contributed by atoms with van der Waals surface area (Å²) in [4.78, 5) is 23.3. The quantitative estimate of drug-likeness (QED) is 0.710. The zero-order valence-electron chi connectivity index (χ0n) is 8.52. The molecule has 0 bridgehead atoms. The number of rotatable bonds is 4. The fourth-order valence-corrected chi connectivity index (χ4v) is 1.63. The van der Waals surface area contributed by atoms with E-state index in [0.717, 1.165) is 6.42 Å². The van der Waals surface area contributed by atoms with E-state index in [1.165, 1.54) is 11.0 Å². The van der Waals surface area contributed by atoms with Crippen molar-refractivity contribution in [2.45, 2.75) is 12.8 Å². The number of carboxylic acids is 1. The number of amides is 1. The highest BCUT2D eigenvalue weighted by Gasteiger charge is 2.28. The zero-order valence-corrected chi connectivity index (χ0v) is 8.52. The summed E-state index contributed by atoms with van der Waals surface area (Å²) in [6, 6.07) is 0. The summed E-state index contributed by atoms with van der Waals surface area (Å²) in [7, 11) is 0. The minimum atomic E-state index is -0.818. The van der Waals surface area contributed by atoms with Crippen LogP contribution in [0.25, 0.3) is 0 Å². The van der Waals surface area contributed by atoms with E-state index in [4.69, 9.17) is 9.84 Å². The van der Waals surface area contributed by atoms with Gasteiger partial charge in [-0.05, 0) is 12.3 Å². The monoisotopic (exact) mass is 213 g/mol. The van der Waals surface area contributed by atoms with Gasteiger partial charge in [-0.1, -0.05) is 12.7 Å². The number of ether oxygens (including phenoxy) is 1. The largest absolute Gasteiger partial charge is 0.481 e. The van der Waals surface area contributed by atoms with Gasteiger partial charge in [0, 0.05) is 19.5 Å². The van der Waals surface area contributed by atoms with E-state index in [1.807, 2.05) is 0 Å². The van der Waals surface area contributed by atoms with Crippen LogP contribution in [-0.4, -0.2) is 41.8 Å². The standard InChI is InChI=1S/C10H15NO4/c1-2-5-15-10(14)11-4-3-8(7-11)6-9(12)13/h2,8H,1,3-7H2,(H,12,13)/t8-/m1/s1. The Morgan fingerprint density at radius 1 is 1.60 bits per heavy atom. The molecule has 0 spiro atoms. The highest BCUT2D eigenvalue weighted by molar-refractivity contribution is 5.69. The molecule has 0 aromatic rings. The third-order valence-corrected chi connectivity index (χ3v) is 2.33. The third kappa shape index (κ3) is 3.61. The molecule has 0 aromatic heterocycles. The van der Waals surface area contributed by atoms with Crippen LogP contribution in [-0.2, 0) is 9.53 Å². The van der Waals surface area contributed by atoms with Gasteiger partial charge in [0.1, 0.15) is 6.61 Å². The molecular formula is C10H15NO4. The molecule has 5 nitrogen and oxygen atoms in total. The van der Waals surface area contributed by atoms with Gasteiger partial charge in [0.2, 0.25) is 0 Å². The summed E-state index contributed by atoms with van der Waals surface area (Å²) in [6.07, 6.45) is 1.96. The Labute approximate surface area is 88.3 Å². The van der Waals surface area contributed by atoms with Crippen molar-refractivity contribution < 1.29 is 19.4 Å². The predicted octanol–water partition coefficient (Wildman–Crippen LogP) is 1.11. The van der Waals surface area contributed by atoms with Gasteiger partial charge in [-0.25, -0.2) is 4.79 Å². The van der Waals surface area contributed by atoms with Crippen molar-refractivity contribution in [3.05, 3.63) is 12.7 Å².